The first-order chi connectivity index (χ1) is 9.52. The lowest BCUT2D eigenvalue weighted by Gasteiger charge is -2.09. The number of hydrogen-bond donors (Lipinski definition) is 1. The second-order valence-electron chi connectivity index (χ2n) is 3.83. The van der Waals surface area contributed by atoms with E-state index in [9.17, 15) is 18.9 Å². The second-order valence-corrected chi connectivity index (χ2v) is 3.83. The molecule has 2 aromatic rings. The first-order valence-corrected chi connectivity index (χ1v) is 5.42. The fraction of sp³-hybridized carbons (Fsp3) is 0. The number of hydrogen-bond acceptors (Lipinski definition) is 4. The smallest absolute Gasteiger partial charge is 0.270 e. The van der Waals surface area contributed by atoms with Gasteiger partial charge >= 0.3 is 0 Å². The predicted molar refractivity (Wildman–Crippen MR) is 67.5 cm³/mol. The first kappa shape index (κ1) is 13.4. The molecule has 0 aromatic heterocycles. The molecular weight excluding hydrogens is 268 g/mol. The summed E-state index contributed by atoms with van der Waals surface area (Å²) in [4.78, 5) is 9.96. The quantitative estimate of drug-likeness (QED) is 0.687. The van der Waals surface area contributed by atoms with E-state index >= 15 is 0 Å². The minimum Gasteiger partial charge on any atom is -0.352 e. The van der Waals surface area contributed by atoms with E-state index in [4.69, 9.17) is 5.26 Å². The fourth-order valence-electron chi connectivity index (χ4n) is 1.59. The van der Waals surface area contributed by atoms with Crippen molar-refractivity contribution in [2.75, 3.05) is 5.32 Å². The maximum Gasteiger partial charge on any atom is 0.270 e. The molecule has 0 bridgehead atoms. The van der Waals surface area contributed by atoms with Gasteiger partial charge in [-0.25, -0.2) is 8.78 Å². The summed E-state index contributed by atoms with van der Waals surface area (Å²) in [5, 5.41) is 22.1. The van der Waals surface area contributed by atoms with E-state index < -0.39 is 16.6 Å². The summed E-state index contributed by atoms with van der Waals surface area (Å²) in [6, 6.07) is 8.81. The molecule has 1 N–H and O–H groups in total. The largest absolute Gasteiger partial charge is 0.352 e. The first-order valence-electron chi connectivity index (χ1n) is 5.42. The van der Waals surface area contributed by atoms with Crippen LogP contribution in [0.4, 0.5) is 25.8 Å². The standard InChI is InChI=1S/C13H7F2N3O2/c14-10-2-1-3-12(13(10)15)17-11-5-4-9(18(19)20)6-8(11)7-16/h1-6,17H. The van der Waals surface area contributed by atoms with Gasteiger partial charge in [-0.2, -0.15) is 5.26 Å². The normalized spacial score (nSPS) is 9.85. The number of nitro benzene ring substituents is 1. The molecule has 0 fully saturated rings. The van der Waals surface area contributed by atoms with Crippen molar-refractivity contribution in [1.82, 2.24) is 0 Å². The molecule has 0 aliphatic carbocycles. The molecule has 2 rings (SSSR count). The van der Waals surface area contributed by atoms with E-state index in [2.05, 4.69) is 5.32 Å². The molecule has 2 aromatic carbocycles. The Bertz CT molecular complexity index is 726. The lowest BCUT2D eigenvalue weighted by Crippen LogP contribution is -1.99. The van der Waals surface area contributed by atoms with E-state index in [-0.39, 0.29) is 22.6 Å². The maximum atomic E-state index is 13.5. The minimum absolute atomic E-state index is 0.0390. The van der Waals surface area contributed by atoms with Crippen molar-refractivity contribution in [2.24, 2.45) is 0 Å². The van der Waals surface area contributed by atoms with Gasteiger partial charge in [0.25, 0.3) is 5.69 Å². The number of rotatable bonds is 3. The van der Waals surface area contributed by atoms with Crippen molar-refractivity contribution >= 4 is 17.1 Å². The molecular formula is C13H7F2N3O2. The summed E-state index contributed by atoms with van der Waals surface area (Å²) in [5.41, 5.74) is -0.298. The molecule has 0 atom stereocenters. The average Bonchev–Trinajstić information content (AvgIpc) is 2.44. The highest BCUT2D eigenvalue weighted by molar-refractivity contribution is 5.68. The van der Waals surface area contributed by atoms with Gasteiger partial charge in [-0.05, 0) is 18.2 Å². The Hall–Kier alpha value is -3.01. The van der Waals surface area contributed by atoms with Crippen molar-refractivity contribution in [1.29, 1.82) is 5.26 Å². The van der Waals surface area contributed by atoms with Crippen LogP contribution >= 0.6 is 0 Å². The number of halogens is 2. The predicted octanol–water partition coefficient (Wildman–Crippen LogP) is 3.49. The summed E-state index contributed by atoms with van der Waals surface area (Å²) < 4.78 is 26.6. The summed E-state index contributed by atoms with van der Waals surface area (Å²) in [7, 11) is 0. The van der Waals surface area contributed by atoms with Crippen LogP contribution in [0.1, 0.15) is 5.56 Å². The van der Waals surface area contributed by atoms with Crippen LogP contribution in [0.2, 0.25) is 0 Å². The molecule has 0 heterocycles. The van der Waals surface area contributed by atoms with Crippen LogP contribution in [0.15, 0.2) is 36.4 Å². The number of nitriles is 1. The molecule has 0 amide bonds. The molecule has 100 valence electrons. The maximum absolute atomic E-state index is 13.5. The number of nitrogens with zero attached hydrogens (tertiary/aromatic N) is 2. The van der Waals surface area contributed by atoms with Gasteiger partial charge in [-0.1, -0.05) is 6.07 Å². The lowest BCUT2D eigenvalue weighted by molar-refractivity contribution is -0.384. The van der Waals surface area contributed by atoms with Crippen LogP contribution < -0.4 is 5.32 Å². The summed E-state index contributed by atoms with van der Waals surface area (Å²) in [5.74, 6) is -2.12. The Morgan fingerprint density at radius 1 is 1.20 bits per heavy atom. The summed E-state index contributed by atoms with van der Waals surface area (Å²) in [6.07, 6.45) is 0. The Morgan fingerprint density at radius 2 is 1.95 bits per heavy atom. The Kier molecular flexibility index (Phi) is 3.57. The molecule has 20 heavy (non-hydrogen) atoms. The molecule has 0 radical (unpaired) electrons. The Balaban J connectivity index is 2.42. The van der Waals surface area contributed by atoms with E-state index in [0.717, 1.165) is 12.1 Å². The van der Waals surface area contributed by atoms with Crippen LogP contribution in [0.3, 0.4) is 0 Å². The van der Waals surface area contributed by atoms with E-state index in [1.807, 2.05) is 0 Å². The van der Waals surface area contributed by atoms with Crippen molar-refractivity contribution < 1.29 is 13.7 Å². The van der Waals surface area contributed by atoms with E-state index in [1.165, 1.54) is 24.3 Å². The molecule has 0 aliphatic rings. The highest BCUT2D eigenvalue weighted by Crippen LogP contribution is 2.26. The van der Waals surface area contributed by atoms with E-state index in [1.54, 1.807) is 6.07 Å². The van der Waals surface area contributed by atoms with Gasteiger partial charge in [0.05, 0.1) is 21.9 Å². The van der Waals surface area contributed by atoms with Gasteiger partial charge in [-0.3, -0.25) is 10.1 Å². The third-order valence-electron chi connectivity index (χ3n) is 2.56. The van der Waals surface area contributed by atoms with Gasteiger partial charge in [0.15, 0.2) is 11.6 Å². The van der Waals surface area contributed by atoms with E-state index in [0.29, 0.717) is 0 Å². The van der Waals surface area contributed by atoms with Gasteiger partial charge < -0.3 is 5.32 Å². The summed E-state index contributed by atoms with van der Waals surface area (Å²) in [6.45, 7) is 0. The second kappa shape index (κ2) is 5.32. The molecule has 7 heteroatoms. The zero-order valence-corrected chi connectivity index (χ0v) is 9.93. The Labute approximate surface area is 112 Å². The number of nitro groups is 1. The minimum atomic E-state index is -1.09. The Morgan fingerprint density at radius 3 is 2.60 bits per heavy atom. The molecule has 0 aliphatic heterocycles. The topological polar surface area (TPSA) is 79.0 Å². The van der Waals surface area contributed by atoms with Crippen LogP contribution in [-0.2, 0) is 0 Å². The molecule has 0 unspecified atom stereocenters. The molecule has 5 nitrogen and oxygen atoms in total. The SMILES string of the molecule is N#Cc1cc([N+](=O)[O-])ccc1Nc1cccc(F)c1F. The highest BCUT2D eigenvalue weighted by Gasteiger charge is 2.13. The fourth-order valence-corrected chi connectivity index (χ4v) is 1.59. The van der Waals surface area contributed by atoms with Crippen molar-refractivity contribution in [2.45, 2.75) is 0 Å². The van der Waals surface area contributed by atoms with Crippen LogP contribution in [-0.4, -0.2) is 4.92 Å². The van der Waals surface area contributed by atoms with Gasteiger partial charge in [-0.15, -0.1) is 0 Å². The van der Waals surface area contributed by atoms with Crippen LogP contribution in [0, 0.1) is 33.1 Å². The summed E-state index contributed by atoms with van der Waals surface area (Å²) >= 11 is 0. The van der Waals surface area contributed by atoms with Gasteiger partial charge in [0.2, 0.25) is 0 Å². The van der Waals surface area contributed by atoms with Gasteiger partial charge in [0.1, 0.15) is 6.07 Å². The van der Waals surface area contributed by atoms with Crippen molar-refractivity contribution in [3.05, 3.63) is 63.7 Å². The monoisotopic (exact) mass is 275 g/mol. The zero-order chi connectivity index (χ0) is 14.7. The highest BCUT2D eigenvalue weighted by atomic mass is 19.2. The average molecular weight is 275 g/mol. The van der Waals surface area contributed by atoms with Crippen LogP contribution in [0.25, 0.3) is 0 Å². The van der Waals surface area contributed by atoms with Crippen LogP contribution in [0.5, 0.6) is 0 Å². The molecule has 0 saturated heterocycles. The van der Waals surface area contributed by atoms with Crippen molar-refractivity contribution in [3.8, 4) is 6.07 Å². The number of benzene rings is 2. The number of nitrogens with one attached hydrogen (secondary N) is 1. The van der Waals surface area contributed by atoms with Gasteiger partial charge in [0, 0.05) is 12.1 Å². The molecule has 0 saturated carbocycles. The zero-order valence-electron chi connectivity index (χ0n) is 9.93. The van der Waals surface area contributed by atoms with Crippen molar-refractivity contribution in [3.63, 3.8) is 0 Å². The third-order valence-corrected chi connectivity index (χ3v) is 2.56. The number of non-ortho nitro benzene ring substituents is 1. The lowest BCUT2D eigenvalue weighted by atomic mass is 10.1. The third kappa shape index (κ3) is 2.54. The number of anilines is 2. The molecule has 0 spiro atoms.